The van der Waals surface area contributed by atoms with Gasteiger partial charge in [0.15, 0.2) is 0 Å². The average Bonchev–Trinajstić information content (AvgIpc) is 2.60. The maximum atomic E-state index is 12.9. The van der Waals surface area contributed by atoms with Crippen molar-refractivity contribution >= 4 is 5.91 Å². The van der Waals surface area contributed by atoms with Gasteiger partial charge in [0.1, 0.15) is 12.4 Å². The van der Waals surface area contributed by atoms with E-state index < -0.39 is 17.6 Å². The fourth-order valence-electron chi connectivity index (χ4n) is 2.41. The molecule has 0 aliphatic carbocycles. The first-order valence-corrected chi connectivity index (χ1v) is 7.97. The number of alkyl halides is 3. The number of terminal acetylenes is 1. The molecular weight excluding hydrogens is 343 g/mol. The molecule has 0 bridgehead atoms. The van der Waals surface area contributed by atoms with Crippen molar-refractivity contribution in [1.29, 1.82) is 0 Å². The van der Waals surface area contributed by atoms with Gasteiger partial charge in [0, 0.05) is 6.54 Å². The van der Waals surface area contributed by atoms with Crippen LogP contribution in [0.1, 0.15) is 16.7 Å². The van der Waals surface area contributed by atoms with Crippen LogP contribution in [0.15, 0.2) is 48.5 Å². The molecule has 136 valence electrons. The molecule has 26 heavy (non-hydrogen) atoms. The molecule has 0 saturated carbocycles. The number of halogens is 3. The Kier molecular flexibility index (Phi) is 6.67. The first kappa shape index (κ1) is 19.4. The summed E-state index contributed by atoms with van der Waals surface area (Å²) in [7, 11) is 0. The van der Waals surface area contributed by atoms with Crippen molar-refractivity contribution in [2.75, 3.05) is 13.2 Å². The zero-order valence-corrected chi connectivity index (χ0v) is 14.0. The lowest BCUT2D eigenvalue weighted by molar-refractivity contribution is -0.138. The summed E-state index contributed by atoms with van der Waals surface area (Å²) in [6, 6.07) is 12.3. The fourth-order valence-corrected chi connectivity index (χ4v) is 2.41. The Morgan fingerprint density at radius 2 is 1.81 bits per heavy atom. The average molecular weight is 361 g/mol. The summed E-state index contributed by atoms with van der Waals surface area (Å²) in [5, 5.41) is 2.64. The lowest BCUT2D eigenvalue weighted by atomic mass is 10.0. The van der Waals surface area contributed by atoms with Crippen LogP contribution in [0.25, 0.3) is 0 Å². The molecule has 3 nitrogen and oxygen atoms in total. The molecule has 2 aromatic rings. The maximum absolute atomic E-state index is 12.9. The minimum absolute atomic E-state index is 0.0347. The quantitative estimate of drug-likeness (QED) is 0.765. The molecule has 1 N–H and O–H groups in total. The third-order valence-corrected chi connectivity index (χ3v) is 3.66. The maximum Gasteiger partial charge on any atom is 0.416 e. The lowest BCUT2D eigenvalue weighted by Crippen LogP contribution is -2.28. The van der Waals surface area contributed by atoms with Gasteiger partial charge in [-0.3, -0.25) is 4.79 Å². The molecule has 1 amide bonds. The smallest absolute Gasteiger partial charge is 0.416 e. The van der Waals surface area contributed by atoms with Gasteiger partial charge in [-0.2, -0.15) is 13.2 Å². The highest BCUT2D eigenvalue weighted by atomic mass is 19.4. The Labute approximate surface area is 150 Å². The summed E-state index contributed by atoms with van der Waals surface area (Å²) in [6.07, 6.45) is 0.886. The third-order valence-electron chi connectivity index (χ3n) is 3.66. The highest BCUT2D eigenvalue weighted by Crippen LogP contribution is 2.31. The van der Waals surface area contributed by atoms with E-state index >= 15 is 0 Å². The largest absolute Gasteiger partial charge is 0.481 e. The Bertz CT molecular complexity index is 777. The number of carbonyl (C=O) groups is 1. The summed E-state index contributed by atoms with van der Waals surface area (Å²) in [4.78, 5) is 11.9. The Hall–Kier alpha value is -2.94. The van der Waals surface area contributed by atoms with E-state index in [0.29, 0.717) is 18.7 Å². The molecule has 0 aromatic heterocycles. The van der Waals surface area contributed by atoms with Gasteiger partial charge in [0.2, 0.25) is 5.91 Å². The number of amides is 1. The zero-order chi connectivity index (χ0) is 19.0. The van der Waals surface area contributed by atoms with E-state index in [1.54, 1.807) is 12.1 Å². The van der Waals surface area contributed by atoms with Gasteiger partial charge in [-0.15, -0.1) is 6.42 Å². The molecule has 0 aliphatic rings. The van der Waals surface area contributed by atoms with Crippen LogP contribution >= 0.6 is 0 Å². The van der Waals surface area contributed by atoms with E-state index in [1.165, 1.54) is 18.2 Å². The topological polar surface area (TPSA) is 38.3 Å². The summed E-state index contributed by atoms with van der Waals surface area (Å²) in [5.41, 5.74) is 0.152. The van der Waals surface area contributed by atoms with E-state index in [2.05, 4.69) is 11.2 Å². The highest BCUT2D eigenvalue weighted by molar-refractivity contribution is 5.79. The van der Waals surface area contributed by atoms with Crippen LogP contribution in [0.5, 0.6) is 5.75 Å². The predicted octanol–water partition coefficient (Wildman–Crippen LogP) is 3.62. The standard InChI is InChI=1S/C20H18F3NO2/c1-2-13-26-17-9-7-15(8-10-17)11-12-24-19(25)14-16-5-3-4-6-18(16)20(21,22)23/h1,3-10H,11-14H2,(H,24,25). The van der Waals surface area contributed by atoms with Gasteiger partial charge in [-0.05, 0) is 35.7 Å². The van der Waals surface area contributed by atoms with Crippen molar-refractivity contribution < 1.29 is 22.7 Å². The van der Waals surface area contributed by atoms with E-state index in [4.69, 9.17) is 11.2 Å². The number of carbonyl (C=O) groups excluding carboxylic acids is 1. The van der Waals surface area contributed by atoms with Crippen molar-refractivity contribution in [3.8, 4) is 18.1 Å². The second-order valence-electron chi connectivity index (χ2n) is 5.57. The van der Waals surface area contributed by atoms with Crippen molar-refractivity contribution in [2.45, 2.75) is 19.0 Å². The van der Waals surface area contributed by atoms with Crippen LogP contribution in [0.4, 0.5) is 13.2 Å². The van der Waals surface area contributed by atoms with Crippen LogP contribution in [0.3, 0.4) is 0 Å². The number of nitrogens with one attached hydrogen (secondary N) is 1. The normalized spacial score (nSPS) is 10.8. The molecule has 0 saturated heterocycles. The Balaban J connectivity index is 1.84. The lowest BCUT2D eigenvalue weighted by Gasteiger charge is -2.12. The summed E-state index contributed by atoms with van der Waals surface area (Å²) >= 11 is 0. The highest BCUT2D eigenvalue weighted by Gasteiger charge is 2.33. The number of hydrogen-bond donors (Lipinski definition) is 1. The van der Waals surface area contributed by atoms with E-state index in [0.717, 1.165) is 11.6 Å². The van der Waals surface area contributed by atoms with Crippen LogP contribution in [0.2, 0.25) is 0 Å². The molecule has 2 rings (SSSR count). The van der Waals surface area contributed by atoms with Crippen LogP contribution < -0.4 is 10.1 Å². The molecule has 2 aromatic carbocycles. The van der Waals surface area contributed by atoms with Crippen LogP contribution in [-0.2, 0) is 23.8 Å². The molecule has 0 radical (unpaired) electrons. The van der Waals surface area contributed by atoms with Crippen molar-refractivity contribution in [3.05, 3.63) is 65.2 Å². The zero-order valence-electron chi connectivity index (χ0n) is 14.0. The van der Waals surface area contributed by atoms with Gasteiger partial charge in [0.05, 0.1) is 12.0 Å². The van der Waals surface area contributed by atoms with Crippen molar-refractivity contribution in [1.82, 2.24) is 5.32 Å². The van der Waals surface area contributed by atoms with Gasteiger partial charge < -0.3 is 10.1 Å². The first-order chi connectivity index (χ1) is 12.4. The van der Waals surface area contributed by atoms with Crippen LogP contribution in [-0.4, -0.2) is 19.1 Å². The molecular formula is C20H18F3NO2. The number of hydrogen-bond acceptors (Lipinski definition) is 2. The van der Waals surface area contributed by atoms with Crippen LogP contribution in [0, 0.1) is 12.3 Å². The fraction of sp³-hybridized carbons (Fsp3) is 0.250. The number of ether oxygens (including phenoxy) is 1. The van der Waals surface area contributed by atoms with Gasteiger partial charge in [-0.1, -0.05) is 36.3 Å². The minimum atomic E-state index is -4.47. The summed E-state index contributed by atoms with van der Waals surface area (Å²) < 4.78 is 44.0. The van der Waals surface area contributed by atoms with Crippen molar-refractivity contribution in [3.63, 3.8) is 0 Å². The minimum Gasteiger partial charge on any atom is -0.481 e. The SMILES string of the molecule is C#CCOc1ccc(CCNC(=O)Cc2ccccc2C(F)(F)F)cc1. The molecule has 0 atom stereocenters. The summed E-state index contributed by atoms with van der Waals surface area (Å²) in [6.45, 7) is 0.520. The molecule has 0 unspecified atom stereocenters. The van der Waals surface area contributed by atoms with Gasteiger partial charge in [0.25, 0.3) is 0 Å². The molecule has 0 aliphatic heterocycles. The number of rotatable bonds is 7. The van der Waals surface area contributed by atoms with E-state index in [1.807, 2.05) is 12.1 Å². The monoisotopic (exact) mass is 361 g/mol. The Morgan fingerprint density at radius 1 is 1.12 bits per heavy atom. The number of benzene rings is 2. The van der Waals surface area contributed by atoms with E-state index in [9.17, 15) is 18.0 Å². The molecule has 6 heteroatoms. The first-order valence-electron chi connectivity index (χ1n) is 7.97. The molecule has 0 spiro atoms. The second kappa shape index (κ2) is 8.95. The molecule has 0 heterocycles. The van der Waals surface area contributed by atoms with Gasteiger partial charge >= 0.3 is 6.18 Å². The summed E-state index contributed by atoms with van der Waals surface area (Å²) in [5.74, 6) is 2.57. The van der Waals surface area contributed by atoms with Gasteiger partial charge in [-0.25, -0.2) is 0 Å². The Morgan fingerprint density at radius 3 is 2.46 bits per heavy atom. The third kappa shape index (κ3) is 5.85. The predicted molar refractivity (Wildman–Crippen MR) is 92.6 cm³/mol. The van der Waals surface area contributed by atoms with E-state index in [-0.39, 0.29) is 18.6 Å². The van der Waals surface area contributed by atoms with Crippen molar-refractivity contribution in [2.24, 2.45) is 0 Å². The molecule has 0 fully saturated rings. The second-order valence-corrected chi connectivity index (χ2v) is 5.57.